The highest BCUT2D eigenvalue weighted by atomic mass is 16.2. The normalized spacial score (nSPS) is 29.7. The molecule has 2 aliphatic heterocycles. The molecule has 1 saturated carbocycles. The molecule has 2 saturated heterocycles. The van der Waals surface area contributed by atoms with Crippen LogP contribution in [0.15, 0.2) is 0 Å². The number of hydrogen-bond acceptors (Lipinski definition) is 3. The summed E-state index contributed by atoms with van der Waals surface area (Å²) in [7, 11) is 1.82. The first-order valence-corrected chi connectivity index (χ1v) is 7.42. The molecule has 0 aromatic heterocycles. The lowest BCUT2D eigenvalue weighted by molar-refractivity contribution is -0.145. The predicted molar refractivity (Wildman–Crippen MR) is 71.5 cm³/mol. The molecule has 1 aliphatic carbocycles. The summed E-state index contributed by atoms with van der Waals surface area (Å²) < 4.78 is 0. The molecule has 0 bridgehead atoms. The number of hydrogen-bond donors (Lipinski definition) is 0. The fourth-order valence-electron chi connectivity index (χ4n) is 3.16. The third-order valence-corrected chi connectivity index (χ3v) is 4.70. The molecular formula is C14H23N3O2. The van der Waals surface area contributed by atoms with E-state index in [9.17, 15) is 9.59 Å². The van der Waals surface area contributed by atoms with Gasteiger partial charge < -0.3 is 9.80 Å². The fraction of sp³-hybridized carbons (Fsp3) is 0.857. The lowest BCUT2D eigenvalue weighted by Gasteiger charge is -2.38. The first-order valence-electron chi connectivity index (χ1n) is 7.42. The van der Waals surface area contributed by atoms with Gasteiger partial charge in [0.25, 0.3) is 0 Å². The predicted octanol–water partition coefficient (Wildman–Crippen LogP) is 0.161. The lowest BCUT2D eigenvalue weighted by atomic mass is 9.94. The van der Waals surface area contributed by atoms with Gasteiger partial charge >= 0.3 is 0 Å². The van der Waals surface area contributed by atoms with Crippen LogP contribution in [0.3, 0.4) is 0 Å². The second-order valence-corrected chi connectivity index (χ2v) is 6.10. The van der Waals surface area contributed by atoms with E-state index in [1.54, 1.807) is 4.90 Å². The van der Waals surface area contributed by atoms with Gasteiger partial charge in [0.2, 0.25) is 11.8 Å². The monoisotopic (exact) mass is 265 g/mol. The Morgan fingerprint density at radius 2 is 1.74 bits per heavy atom. The topological polar surface area (TPSA) is 43.9 Å². The van der Waals surface area contributed by atoms with Crippen molar-refractivity contribution in [1.29, 1.82) is 0 Å². The average molecular weight is 265 g/mol. The zero-order chi connectivity index (χ0) is 13.4. The molecular weight excluding hydrogens is 242 g/mol. The smallest absolute Gasteiger partial charge is 0.226 e. The van der Waals surface area contributed by atoms with Crippen molar-refractivity contribution < 1.29 is 9.59 Å². The molecule has 1 atom stereocenters. The fourth-order valence-corrected chi connectivity index (χ4v) is 3.16. The van der Waals surface area contributed by atoms with Gasteiger partial charge in [-0.2, -0.15) is 0 Å². The Morgan fingerprint density at radius 3 is 2.32 bits per heavy atom. The molecule has 0 radical (unpaired) electrons. The maximum atomic E-state index is 12.4. The first-order chi connectivity index (χ1) is 9.15. The van der Waals surface area contributed by atoms with Crippen LogP contribution in [-0.4, -0.2) is 72.3 Å². The molecule has 5 nitrogen and oxygen atoms in total. The maximum absolute atomic E-state index is 12.4. The highest BCUT2D eigenvalue weighted by molar-refractivity contribution is 5.87. The third-order valence-electron chi connectivity index (χ3n) is 4.70. The Hall–Kier alpha value is -1.10. The molecule has 106 valence electrons. The number of piperidine rings is 1. The largest absolute Gasteiger partial charge is 0.346 e. The molecule has 1 unspecified atom stereocenters. The van der Waals surface area contributed by atoms with Crippen LogP contribution in [-0.2, 0) is 9.59 Å². The SMILES string of the molecule is CN1CCC(C(=O)N2CCN(C3CC3)CC2)CC1=O. The summed E-state index contributed by atoms with van der Waals surface area (Å²) in [4.78, 5) is 30.3. The van der Waals surface area contributed by atoms with E-state index < -0.39 is 0 Å². The van der Waals surface area contributed by atoms with Gasteiger partial charge in [0.1, 0.15) is 0 Å². The summed E-state index contributed by atoms with van der Waals surface area (Å²) >= 11 is 0. The molecule has 3 fully saturated rings. The highest BCUT2D eigenvalue weighted by Gasteiger charge is 2.35. The Balaban J connectivity index is 1.51. The van der Waals surface area contributed by atoms with Crippen molar-refractivity contribution in [2.75, 3.05) is 39.8 Å². The van der Waals surface area contributed by atoms with E-state index in [0.29, 0.717) is 6.42 Å². The Bertz CT molecular complexity index is 373. The molecule has 2 amide bonds. The quantitative estimate of drug-likeness (QED) is 0.714. The molecule has 19 heavy (non-hydrogen) atoms. The zero-order valence-electron chi connectivity index (χ0n) is 11.7. The number of piperazine rings is 1. The number of nitrogens with zero attached hydrogens (tertiary/aromatic N) is 3. The molecule has 2 heterocycles. The molecule has 0 spiro atoms. The standard InChI is InChI=1S/C14H23N3O2/c1-15-5-4-11(10-13(15)18)14(19)17-8-6-16(7-9-17)12-2-3-12/h11-12H,2-10H2,1H3. The molecule has 3 rings (SSSR count). The third kappa shape index (κ3) is 2.76. The second-order valence-electron chi connectivity index (χ2n) is 6.10. The molecule has 0 aromatic rings. The van der Waals surface area contributed by atoms with Gasteiger partial charge in [-0.25, -0.2) is 0 Å². The van der Waals surface area contributed by atoms with Crippen molar-refractivity contribution in [2.24, 2.45) is 5.92 Å². The minimum absolute atomic E-state index is 0.0730. The summed E-state index contributed by atoms with van der Waals surface area (Å²) in [6, 6.07) is 0.794. The highest BCUT2D eigenvalue weighted by Crippen LogP contribution is 2.28. The minimum atomic E-state index is -0.0730. The van der Waals surface area contributed by atoms with Crippen molar-refractivity contribution in [3.8, 4) is 0 Å². The van der Waals surface area contributed by atoms with Crippen molar-refractivity contribution in [1.82, 2.24) is 14.7 Å². The van der Waals surface area contributed by atoms with E-state index in [-0.39, 0.29) is 17.7 Å². The molecule has 0 N–H and O–H groups in total. The minimum Gasteiger partial charge on any atom is -0.346 e. The Labute approximate surface area is 114 Å². The number of carbonyl (C=O) groups is 2. The van der Waals surface area contributed by atoms with Crippen molar-refractivity contribution >= 4 is 11.8 Å². The number of carbonyl (C=O) groups excluding carboxylic acids is 2. The number of rotatable bonds is 2. The van der Waals surface area contributed by atoms with Crippen LogP contribution in [0.5, 0.6) is 0 Å². The van der Waals surface area contributed by atoms with E-state index in [0.717, 1.165) is 45.2 Å². The summed E-state index contributed by atoms with van der Waals surface area (Å²) in [5.74, 6) is 0.245. The van der Waals surface area contributed by atoms with Crippen LogP contribution >= 0.6 is 0 Å². The van der Waals surface area contributed by atoms with Crippen LogP contribution in [0.2, 0.25) is 0 Å². The van der Waals surface area contributed by atoms with Gasteiger partial charge in [-0.1, -0.05) is 0 Å². The first kappa shape index (κ1) is 12.9. The van der Waals surface area contributed by atoms with Gasteiger partial charge in [-0.3, -0.25) is 14.5 Å². The average Bonchev–Trinajstić information content (AvgIpc) is 3.26. The maximum Gasteiger partial charge on any atom is 0.226 e. The Kier molecular flexibility index (Phi) is 3.48. The molecule has 0 aromatic carbocycles. The second kappa shape index (κ2) is 5.12. The Morgan fingerprint density at radius 1 is 1.05 bits per heavy atom. The van der Waals surface area contributed by atoms with Crippen LogP contribution in [0.25, 0.3) is 0 Å². The van der Waals surface area contributed by atoms with E-state index in [2.05, 4.69) is 4.90 Å². The van der Waals surface area contributed by atoms with Gasteiger partial charge in [0.05, 0.1) is 0 Å². The van der Waals surface area contributed by atoms with Crippen LogP contribution in [0.1, 0.15) is 25.7 Å². The summed E-state index contributed by atoms with van der Waals surface area (Å²) in [5, 5.41) is 0. The zero-order valence-corrected chi connectivity index (χ0v) is 11.7. The van der Waals surface area contributed by atoms with Crippen LogP contribution in [0, 0.1) is 5.92 Å². The molecule has 3 aliphatic rings. The summed E-state index contributed by atoms with van der Waals surface area (Å²) in [6.07, 6.45) is 3.89. The van der Waals surface area contributed by atoms with Crippen LogP contribution < -0.4 is 0 Å². The van der Waals surface area contributed by atoms with Crippen molar-refractivity contribution in [2.45, 2.75) is 31.7 Å². The van der Waals surface area contributed by atoms with E-state index >= 15 is 0 Å². The van der Waals surface area contributed by atoms with Gasteiger partial charge in [0.15, 0.2) is 0 Å². The van der Waals surface area contributed by atoms with E-state index in [1.807, 2.05) is 11.9 Å². The van der Waals surface area contributed by atoms with Gasteiger partial charge in [0, 0.05) is 58.2 Å². The van der Waals surface area contributed by atoms with Crippen molar-refractivity contribution in [3.63, 3.8) is 0 Å². The van der Waals surface area contributed by atoms with Crippen LogP contribution in [0.4, 0.5) is 0 Å². The number of likely N-dealkylation sites (tertiary alicyclic amines) is 1. The summed E-state index contributed by atoms with van der Waals surface area (Å²) in [6.45, 7) is 4.43. The van der Waals surface area contributed by atoms with Gasteiger partial charge in [-0.05, 0) is 19.3 Å². The van der Waals surface area contributed by atoms with Gasteiger partial charge in [-0.15, -0.1) is 0 Å². The number of amides is 2. The van der Waals surface area contributed by atoms with E-state index in [4.69, 9.17) is 0 Å². The van der Waals surface area contributed by atoms with E-state index in [1.165, 1.54) is 12.8 Å². The van der Waals surface area contributed by atoms with Crippen molar-refractivity contribution in [3.05, 3.63) is 0 Å². The lowest BCUT2D eigenvalue weighted by Crippen LogP contribution is -2.52. The summed E-state index contributed by atoms with van der Waals surface area (Å²) in [5.41, 5.74) is 0. The molecule has 5 heteroatoms.